The second-order valence-corrected chi connectivity index (χ2v) is 4.73. The molecule has 0 spiro atoms. The van der Waals surface area contributed by atoms with Gasteiger partial charge in [0.25, 0.3) is 0 Å². The van der Waals surface area contributed by atoms with Gasteiger partial charge in [-0.15, -0.1) is 0 Å². The molecule has 1 aliphatic rings. The van der Waals surface area contributed by atoms with Crippen LogP contribution in [0.1, 0.15) is 24.0 Å². The van der Waals surface area contributed by atoms with Gasteiger partial charge in [0.15, 0.2) is 0 Å². The Balaban J connectivity index is 1.94. The van der Waals surface area contributed by atoms with E-state index >= 15 is 0 Å². The van der Waals surface area contributed by atoms with Crippen LogP contribution in [0.15, 0.2) is 24.3 Å². The van der Waals surface area contributed by atoms with E-state index in [0.29, 0.717) is 5.56 Å². The summed E-state index contributed by atoms with van der Waals surface area (Å²) in [6, 6.07) is 4.12. The van der Waals surface area contributed by atoms with Crippen molar-refractivity contribution >= 4 is 5.97 Å². The van der Waals surface area contributed by atoms with E-state index in [1.54, 1.807) is 0 Å². The van der Waals surface area contributed by atoms with Crippen LogP contribution in [0.25, 0.3) is 0 Å². The van der Waals surface area contributed by atoms with E-state index in [2.05, 4.69) is 5.32 Å². The van der Waals surface area contributed by atoms with Crippen molar-refractivity contribution in [1.82, 2.24) is 5.32 Å². The first kappa shape index (κ1) is 13.9. The summed E-state index contributed by atoms with van der Waals surface area (Å²) in [5, 5.41) is 11.9. The minimum absolute atomic E-state index is 0.145. The molecule has 0 aromatic heterocycles. The van der Waals surface area contributed by atoms with E-state index in [4.69, 9.17) is 5.11 Å². The lowest BCUT2D eigenvalue weighted by molar-refractivity contribution is -0.140. The fourth-order valence-electron chi connectivity index (χ4n) is 1.92. The van der Waals surface area contributed by atoms with Gasteiger partial charge in [-0.05, 0) is 36.5 Å². The van der Waals surface area contributed by atoms with Crippen LogP contribution in [-0.2, 0) is 17.5 Å². The number of halogens is 3. The summed E-state index contributed by atoms with van der Waals surface area (Å²) in [7, 11) is 0. The van der Waals surface area contributed by atoms with Gasteiger partial charge in [-0.3, -0.25) is 4.79 Å². The van der Waals surface area contributed by atoms with Crippen molar-refractivity contribution in [3.05, 3.63) is 35.4 Å². The summed E-state index contributed by atoms with van der Waals surface area (Å²) in [6.07, 6.45) is -2.57. The molecule has 2 N–H and O–H groups in total. The Morgan fingerprint density at radius 3 is 2.32 bits per heavy atom. The minimum Gasteiger partial charge on any atom is -0.480 e. The van der Waals surface area contributed by atoms with E-state index in [0.717, 1.165) is 25.0 Å². The van der Waals surface area contributed by atoms with Crippen LogP contribution in [0.2, 0.25) is 0 Å². The predicted molar refractivity (Wildman–Crippen MR) is 62.4 cm³/mol. The Morgan fingerprint density at radius 1 is 1.32 bits per heavy atom. The largest absolute Gasteiger partial charge is 0.480 e. The Labute approximate surface area is 108 Å². The highest BCUT2D eigenvalue weighted by molar-refractivity contribution is 5.74. The first-order valence-corrected chi connectivity index (χ1v) is 6.00. The van der Waals surface area contributed by atoms with Crippen LogP contribution >= 0.6 is 0 Å². The van der Waals surface area contributed by atoms with Crippen LogP contribution in [0.5, 0.6) is 0 Å². The molecule has 0 bridgehead atoms. The lowest BCUT2D eigenvalue weighted by atomic mass is 10.1. The average Bonchev–Trinajstić information content (AvgIpc) is 3.13. The molecule has 1 aromatic rings. The van der Waals surface area contributed by atoms with Crippen molar-refractivity contribution < 1.29 is 23.1 Å². The third-order valence-electron chi connectivity index (χ3n) is 3.17. The third kappa shape index (κ3) is 3.70. The molecule has 104 valence electrons. The third-order valence-corrected chi connectivity index (χ3v) is 3.17. The van der Waals surface area contributed by atoms with Gasteiger partial charge in [0.2, 0.25) is 0 Å². The van der Waals surface area contributed by atoms with Crippen molar-refractivity contribution in [2.24, 2.45) is 5.92 Å². The molecule has 1 unspecified atom stereocenters. The number of rotatable bonds is 5. The summed E-state index contributed by atoms with van der Waals surface area (Å²) in [6.45, 7) is 0.256. The molecule has 1 aromatic carbocycles. The van der Waals surface area contributed by atoms with Gasteiger partial charge in [-0.2, -0.15) is 13.2 Å². The maximum atomic E-state index is 12.4. The quantitative estimate of drug-likeness (QED) is 0.867. The van der Waals surface area contributed by atoms with Gasteiger partial charge in [-0.1, -0.05) is 12.1 Å². The highest BCUT2D eigenvalue weighted by Crippen LogP contribution is 2.33. The highest BCUT2D eigenvalue weighted by Gasteiger charge is 2.35. The monoisotopic (exact) mass is 273 g/mol. The van der Waals surface area contributed by atoms with Gasteiger partial charge in [0.05, 0.1) is 5.56 Å². The van der Waals surface area contributed by atoms with Gasteiger partial charge >= 0.3 is 12.1 Å². The van der Waals surface area contributed by atoms with Crippen molar-refractivity contribution in [1.29, 1.82) is 0 Å². The van der Waals surface area contributed by atoms with Gasteiger partial charge in [0, 0.05) is 6.54 Å². The second-order valence-electron chi connectivity index (χ2n) is 4.73. The van der Waals surface area contributed by atoms with Crippen molar-refractivity contribution in [2.45, 2.75) is 31.6 Å². The van der Waals surface area contributed by atoms with Gasteiger partial charge in [0.1, 0.15) is 6.04 Å². The smallest absolute Gasteiger partial charge is 0.416 e. The number of aliphatic carboxylic acids is 1. The highest BCUT2D eigenvalue weighted by atomic mass is 19.4. The summed E-state index contributed by atoms with van der Waals surface area (Å²) in [5.74, 6) is -0.763. The fraction of sp³-hybridized carbons (Fsp3) is 0.462. The summed E-state index contributed by atoms with van der Waals surface area (Å²) in [4.78, 5) is 11.0. The van der Waals surface area contributed by atoms with Crippen LogP contribution in [0.3, 0.4) is 0 Å². The summed E-state index contributed by atoms with van der Waals surface area (Å²) in [5.41, 5.74) is -0.0619. The number of carboxylic acid groups (broad SMARTS) is 1. The minimum atomic E-state index is -4.34. The molecule has 1 fully saturated rings. The van der Waals surface area contributed by atoms with Crippen LogP contribution in [0.4, 0.5) is 13.2 Å². The lowest BCUT2D eigenvalue weighted by Gasteiger charge is -2.14. The molecule has 6 heteroatoms. The molecular formula is C13H14F3NO2. The fourth-order valence-corrected chi connectivity index (χ4v) is 1.92. The summed E-state index contributed by atoms with van der Waals surface area (Å²) >= 11 is 0. The second kappa shape index (κ2) is 5.21. The molecule has 0 amide bonds. The molecule has 1 saturated carbocycles. The number of benzene rings is 1. The van der Waals surface area contributed by atoms with E-state index < -0.39 is 23.8 Å². The van der Waals surface area contributed by atoms with E-state index in [-0.39, 0.29) is 12.5 Å². The Kier molecular flexibility index (Phi) is 3.80. The Morgan fingerprint density at radius 2 is 1.89 bits per heavy atom. The lowest BCUT2D eigenvalue weighted by Crippen LogP contribution is -2.38. The van der Waals surface area contributed by atoms with Crippen molar-refractivity contribution in [3.8, 4) is 0 Å². The number of hydrogen-bond donors (Lipinski definition) is 2. The Hall–Kier alpha value is -1.56. The van der Waals surface area contributed by atoms with Gasteiger partial charge < -0.3 is 10.4 Å². The maximum absolute atomic E-state index is 12.4. The number of nitrogens with one attached hydrogen (secondary N) is 1. The zero-order chi connectivity index (χ0) is 14.0. The van der Waals surface area contributed by atoms with E-state index in [1.807, 2.05) is 0 Å². The van der Waals surface area contributed by atoms with Crippen LogP contribution in [0, 0.1) is 5.92 Å². The van der Waals surface area contributed by atoms with E-state index in [9.17, 15) is 18.0 Å². The first-order chi connectivity index (χ1) is 8.88. The molecule has 0 radical (unpaired) electrons. The molecule has 0 heterocycles. The van der Waals surface area contributed by atoms with Crippen LogP contribution < -0.4 is 5.32 Å². The SMILES string of the molecule is O=C(O)C(NCc1ccc(C(F)(F)F)cc1)C1CC1. The molecular weight excluding hydrogens is 259 g/mol. The Bertz CT molecular complexity index is 452. The number of carboxylic acids is 1. The van der Waals surface area contributed by atoms with E-state index in [1.165, 1.54) is 12.1 Å². The van der Waals surface area contributed by atoms with Gasteiger partial charge in [-0.25, -0.2) is 0 Å². The van der Waals surface area contributed by atoms with Crippen molar-refractivity contribution in [2.75, 3.05) is 0 Å². The maximum Gasteiger partial charge on any atom is 0.416 e. The zero-order valence-corrected chi connectivity index (χ0v) is 10.1. The molecule has 1 atom stereocenters. The molecule has 19 heavy (non-hydrogen) atoms. The standard InChI is InChI=1S/C13H14F3NO2/c14-13(15,16)10-5-1-8(2-6-10)7-17-11(12(18)19)9-3-4-9/h1-2,5-6,9,11,17H,3-4,7H2,(H,18,19). The number of carbonyl (C=O) groups is 1. The number of alkyl halides is 3. The number of hydrogen-bond acceptors (Lipinski definition) is 2. The normalized spacial score (nSPS) is 17.2. The topological polar surface area (TPSA) is 49.3 Å². The molecule has 0 saturated heterocycles. The zero-order valence-electron chi connectivity index (χ0n) is 10.1. The molecule has 1 aliphatic carbocycles. The predicted octanol–water partition coefficient (Wildman–Crippen LogP) is 2.66. The average molecular weight is 273 g/mol. The summed E-state index contributed by atoms with van der Waals surface area (Å²) < 4.78 is 37.1. The van der Waals surface area contributed by atoms with Crippen LogP contribution in [-0.4, -0.2) is 17.1 Å². The first-order valence-electron chi connectivity index (χ1n) is 6.00. The molecule has 0 aliphatic heterocycles. The van der Waals surface area contributed by atoms with Crippen molar-refractivity contribution in [3.63, 3.8) is 0 Å². The molecule has 3 nitrogen and oxygen atoms in total. The molecule has 2 rings (SSSR count).